The largest absolute Gasteiger partial charge is 0.378 e. The van der Waals surface area contributed by atoms with Gasteiger partial charge in [0.1, 0.15) is 0 Å². The lowest BCUT2D eigenvalue weighted by atomic mass is 10.3. The van der Waals surface area contributed by atoms with Crippen LogP contribution in [0.15, 0.2) is 46.2 Å². The molecule has 0 saturated heterocycles. The zero-order chi connectivity index (χ0) is 13.9. The molecule has 0 spiro atoms. The summed E-state index contributed by atoms with van der Waals surface area (Å²) in [5.74, 6) is 0. The molecule has 1 aromatic heterocycles. The number of hydrogen-bond acceptors (Lipinski definition) is 5. The third kappa shape index (κ3) is 3.72. The molecule has 1 heterocycles. The Morgan fingerprint density at radius 2 is 2.11 bits per heavy atom. The van der Waals surface area contributed by atoms with Crippen LogP contribution in [-0.2, 0) is 16.6 Å². The molecule has 8 heteroatoms. The monoisotopic (exact) mass is 342 g/mol. The normalized spacial score (nSPS) is 11.3. The fraction of sp³-hybridized carbons (Fsp3) is 0.0909. The first-order valence-corrected chi connectivity index (χ1v) is 7.62. The van der Waals surface area contributed by atoms with Crippen molar-refractivity contribution in [1.29, 1.82) is 0 Å². The second kappa shape index (κ2) is 5.64. The molecule has 0 fully saturated rings. The Labute approximate surface area is 119 Å². The van der Waals surface area contributed by atoms with Crippen LogP contribution in [0.5, 0.6) is 0 Å². The van der Waals surface area contributed by atoms with Crippen molar-refractivity contribution in [2.75, 3.05) is 5.32 Å². The van der Waals surface area contributed by atoms with E-state index in [1.54, 1.807) is 24.7 Å². The number of nitrogens with two attached hydrogens (primary N) is 1. The molecular formula is C11H11BrN4O2S. The number of rotatable bonds is 4. The number of hydrogen-bond donors (Lipinski definition) is 2. The van der Waals surface area contributed by atoms with Crippen LogP contribution >= 0.6 is 15.9 Å². The predicted molar refractivity (Wildman–Crippen MR) is 74.9 cm³/mol. The Hall–Kier alpha value is -1.51. The van der Waals surface area contributed by atoms with Crippen molar-refractivity contribution in [3.63, 3.8) is 0 Å². The van der Waals surface area contributed by atoms with E-state index in [1.165, 1.54) is 12.1 Å². The van der Waals surface area contributed by atoms with E-state index in [0.717, 1.165) is 11.4 Å². The molecule has 0 aliphatic carbocycles. The average Bonchev–Trinajstić information content (AvgIpc) is 2.37. The van der Waals surface area contributed by atoms with E-state index in [-0.39, 0.29) is 4.90 Å². The standard InChI is InChI=1S/C11H11BrN4O2S/c12-10-5-9(19(13,17)18)1-2-11(10)16-7-8-6-14-3-4-15-8/h1-6,16H,7H2,(H2,13,17,18). The molecule has 6 nitrogen and oxygen atoms in total. The first-order valence-electron chi connectivity index (χ1n) is 5.28. The summed E-state index contributed by atoms with van der Waals surface area (Å²) in [4.78, 5) is 8.14. The average molecular weight is 343 g/mol. The maximum atomic E-state index is 11.2. The molecule has 19 heavy (non-hydrogen) atoms. The molecule has 0 bridgehead atoms. The van der Waals surface area contributed by atoms with E-state index < -0.39 is 10.0 Å². The van der Waals surface area contributed by atoms with Crippen molar-refractivity contribution in [3.8, 4) is 0 Å². The molecule has 2 aromatic rings. The quantitative estimate of drug-likeness (QED) is 0.877. The molecule has 1 aromatic carbocycles. The van der Waals surface area contributed by atoms with Gasteiger partial charge in [-0.15, -0.1) is 0 Å². The van der Waals surface area contributed by atoms with Crippen LogP contribution < -0.4 is 10.5 Å². The number of halogens is 1. The van der Waals surface area contributed by atoms with Crippen LogP contribution in [0.3, 0.4) is 0 Å². The molecule has 0 amide bonds. The van der Waals surface area contributed by atoms with Gasteiger partial charge in [0.2, 0.25) is 10.0 Å². The fourth-order valence-electron chi connectivity index (χ4n) is 1.42. The molecule has 100 valence electrons. The van der Waals surface area contributed by atoms with Gasteiger partial charge in [0.15, 0.2) is 0 Å². The van der Waals surface area contributed by atoms with Gasteiger partial charge in [0.05, 0.1) is 23.3 Å². The van der Waals surface area contributed by atoms with E-state index in [1.807, 2.05) is 0 Å². The summed E-state index contributed by atoms with van der Waals surface area (Å²) in [5, 5.41) is 8.18. The van der Waals surface area contributed by atoms with Gasteiger partial charge in [-0.05, 0) is 34.1 Å². The highest BCUT2D eigenvalue weighted by atomic mass is 79.9. The maximum Gasteiger partial charge on any atom is 0.238 e. The zero-order valence-electron chi connectivity index (χ0n) is 9.75. The Balaban J connectivity index is 2.14. The maximum absolute atomic E-state index is 11.2. The minimum Gasteiger partial charge on any atom is -0.378 e. The third-order valence-electron chi connectivity index (χ3n) is 2.35. The van der Waals surface area contributed by atoms with Gasteiger partial charge in [-0.3, -0.25) is 9.97 Å². The predicted octanol–water partition coefficient (Wildman–Crippen LogP) is 1.50. The van der Waals surface area contributed by atoms with Crippen molar-refractivity contribution in [3.05, 3.63) is 47.0 Å². The second-order valence-electron chi connectivity index (χ2n) is 3.74. The number of nitrogens with one attached hydrogen (secondary N) is 1. The topological polar surface area (TPSA) is 98.0 Å². The van der Waals surface area contributed by atoms with Crippen LogP contribution in [0, 0.1) is 0 Å². The van der Waals surface area contributed by atoms with Gasteiger partial charge in [0, 0.05) is 22.6 Å². The first kappa shape index (κ1) is 13.9. The summed E-state index contributed by atoms with van der Waals surface area (Å²) in [6.07, 6.45) is 4.86. The number of primary sulfonamides is 1. The molecule has 0 unspecified atom stereocenters. The lowest BCUT2D eigenvalue weighted by molar-refractivity contribution is 0.598. The van der Waals surface area contributed by atoms with E-state index in [0.29, 0.717) is 11.0 Å². The molecule has 3 N–H and O–H groups in total. The summed E-state index contributed by atoms with van der Waals surface area (Å²) in [6.45, 7) is 0.487. The molecule has 0 radical (unpaired) electrons. The van der Waals surface area contributed by atoms with Crippen LogP contribution in [0.1, 0.15) is 5.69 Å². The third-order valence-corrected chi connectivity index (χ3v) is 3.91. The second-order valence-corrected chi connectivity index (χ2v) is 6.15. The minimum absolute atomic E-state index is 0.0597. The van der Waals surface area contributed by atoms with E-state index in [9.17, 15) is 8.42 Å². The first-order chi connectivity index (χ1) is 8.97. The van der Waals surface area contributed by atoms with Gasteiger partial charge in [-0.25, -0.2) is 13.6 Å². The van der Waals surface area contributed by atoms with E-state index in [2.05, 4.69) is 31.2 Å². The Kier molecular flexibility index (Phi) is 4.13. The van der Waals surface area contributed by atoms with Crippen molar-refractivity contribution >= 4 is 31.6 Å². The molecule has 0 aliphatic heterocycles. The van der Waals surface area contributed by atoms with Gasteiger partial charge in [0.25, 0.3) is 0 Å². The molecule has 2 rings (SSSR count). The number of benzene rings is 1. The highest BCUT2D eigenvalue weighted by molar-refractivity contribution is 9.10. The molecule has 0 saturated carbocycles. The van der Waals surface area contributed by atoms with Gasteiger partial charge >= 0.3 is 0 Å². The molecular weight excluding hydrogens is 332 g/mol. The van der Waals surface area contributed by atoms with Gasteiger partial charge < -0.3 is 5.32 Å². The molecule has 0 aliphatic rings. The smallest absolute Gasteiger partial charge is 0.238 e. The van der Waals surface area contributed by atoms with Crippen LogP contribution in [0.4, 0.5) is 5.69 Å². The van der Waals surface area contributed by atoms with Crippen LogP contribution in [-0.4, -0.2) is 18.4 Å². The number of anilines is 1. The number of aromatic nitrogens is 2. The summed E-state index contributed by atoms with van der Waals surface area (Å²) < 4.78 is 23.0. The van der Waals surface area contributed by atoms with E-state index in [4.69, 9.17) is 5.14 Å². The Bertz CT molecular complexity index is 676. The zero-order valence-corrected chi connectivity index (χ0v) is 12.1. The SMILES string of the molecule is NS(=O)(=O)c1ccc(NCc2cnccn2)c(Br)c1. The fourth-order valence-corrected chi connectivity index (χ4v) is 2.63. The van der Waals surface area contributed by atoms with Crippen molar-refractivity contribution in [2.45, 2.75) is 11.4 Å². The summed E-state index contributed by atoms with van der Waals surface area (Å²) in [7, 11) is -3.69. The van der Waals surface area contributed by atoms with Crippen molar-refractivity contribution in [2.24, 2.45) is 5.14 Å². The number of nitrogens with zero attached hydrogens (tertiary/aromatic N) is 2. The summed E-state index contributed by atoms with van der Waals surface area (Å²) in [5.41, 5.74) is 1.53. The summed E-state index contributed by atoms with van der Waals surface area (Å²) in [6, 6.07) is 4.54. The number of sulfonamides is 1. The minimum atomic E-state index is -3.69. The van der Waals surface area contributed by atoms with Crippen molar-refractivity contribution < 1.29 is 8.42 Å². The van der Waals surface area contributed by atoms with Crippen LogP contribution in [0.25, 0.3) is 0 Å². The van der Waals surface area contributed by atoms with Crippen molar-refractivity contribution in [1.82, 2.24) is 9.97 Å². The Morgan fingerprint density at radius 3 is 2.68 bits per heavy atom. The van der Waals surface area contributed by atoms with E-state index >= 15 is 0 Å². The lowest BCUT2D eigenvalue weighted by Gasteiger charge is -2.09. The van der Waals surface area contributed by atoms with Crippen LogP contribution in [0.2, 0.25) is 0 Å². The Morgan fingerprint density at radius 1 is 1.32 bits per heavy atom. The highest BCUT2D eigenvalue weighted by Crippen LogP contribution is 2.25. The summed E-state index contributed by atoms with van der Waals surface area (Å²) >= 11 is 3.29. The van der Waals surface area contributed by atoms with Gasteiger partial charge in [-0.2, -0.15) is 0 Å². The van der Waals surface area contributed by atoms with Gasteiger partial charge in [-0.1, -0.05) is 0 Å². The lowest BCUT2D eigenvalue weighted by Crippen LogP contribution is -2.12. The highest BCUT2D eigenvalue weighted by Gasteiger charge is 2.10. The molecule has 0 atom stereocenters.